The van der Waals surface area contributed by atoms with Crippen molar-refractivity contribution in [2.24, 2.45) is 5.41 Å². The molecule has 0 saturated heterocycles. The molecule has 0 aromatic rings. The lowest BCUT2D eigenvalue weighted by Crippen LogP contribution is -2.34. The van der Waals surface area contributed by atoms with Crippen LogP contribution in [0.15, 0.2) is 0 Å². The van der Waals surface area contributed by atoms with Gasteiger partial charge in [0, 0.05) is 18.6 Å². The fourth-order valence-corrected chi connectivity index (χ4v) is 1.23. The van der Waals surface area contributed by atoms with Crippen molar-refractivity contribution in [3.8, 4) is 12.3 Å². The van der Waals surface area contributed by atoms with Gasteiger partial charge in [0.15, 0.2) is 0 Å². The number of terminal acetylenes is 1. The quantitative estimate of drug-likeness (QED) is 0.592. The average molecular weight is 167 g/mol. The van der Waals surface area contributed by atoms with E-state index in [1.54, 1.807) is 0 Å². The number of hydrogen-bond donors (Lipinski definition) is 2. The van der Waals surface area contributed by atoms with Crippen molar-refractivity contribution in [1.82, 2.24) is 5.32 Å². The summed E-state index contributed by atoms with van der Waals surface area (Å²) in [7, 11) is 0. The van der Waals surface area contributed by atoms with Crippen LogP contribution < -0.4 is 5.32 Å². The molecule has 1 fully saturated rings. The van der Waals surface area contributed by atoms with Crippen LogP contribution in [0.2, 0.25) is 0 Å². The van der Waals surface area contributed by atoms with Crippen molar-refractivity contribution in [3.05, 3.63) is 0 Å². The van der Waals surface area contributed by atoms with Gasteiger partial charge < -0.3 is 10.4 Å². The minimum atomic E-state index is 0.171. The Labute approximate surface area is 74.4 Å². The van der Waals surface area contributed by atoms with E-state index in [9.17, 15) is 0 Å². The van der Waals surface area contributed by atoms with E-state index < -0.39 is 0 Å². The van der Waals surface area contributed by atoms with E-state index in [2.05, 4.69) is 18.2 Å². The topological polar surface area (TPSA) is 32.3 Å². The fraction of sp³-hybridized carbons (Fsp3) is 0.800. The zero-order valence-electron chi connectivity index (χ0n) is 7.64. The van der Waals surface area contributed by atoms with Crippen molar-refractivity contribution < 1.29 is 5.11 Å². The van der Waals surface area contributed by atoms with Crippen LogP contribution in [0.1, 0.15) is 26.2 Å². The SMILES string of the molecule is C#CC(CC)NCC1(CO)CC1. The van der Waals surface area contributed by atoms with E-state index in [0.29, 0.717) is 6.61 Å². The molecule has 1 unspecified atom stereocenters. The van der Waals surface area contributed by atoms with Gasteiger partial charge in [-0.3, -0.25) is 0 Å². The summed E-state index contributed by atoms with van der Waals surface area (Å²) in [6, 6.07) is 0.175. The molecule has 1 aliphatic carbocycles. The lowest BCUT2D eigenvalue weighted by molar-refractivity contribution is 0.206. The summed E-state index contributed by atoms with van der Waals surface area (Å²) in [6.07, 6.45) is 8.53. The van der Waals surface area contributed by atoms with Gasteiger partial charge in [-0.25, -0.2) is 0 Å². The first-order valence-electron chi connectivity index (χ1n) is 4.57. The number of rotatable bonds is 5. The van der Waals surface area contributed by atoms with Crippen molar-refractivity contribution >= 4 is 0 Å². The van der Waals surface area contributed by atoms with Crippen LogP contribution in [-0.4, -0.2) is 24.3 Å². The lowest BCUT2D eigenvalue weighted by atomic mass is 10.1. The molecule has 1 rings (SSSR count). The van der Waals surface area contributed by atoms with Gasteiger partial charge >= 0.3 is 0 Å². The van der Waals surface area contributed by atoms with Crippen molar-refractivity contribution in [1.29, 1.82) is 0 Å². The largest absolute Gasteiger partial charge is 0.396 e. The summed E-state index contributed by atoms with van der Waals surface area (Å²) in [6.45, 7) is 3.23. The van der Waals surface area contributed by atoms with Crippen LogP contribution in [0.25, 0.3) is 0 Å². The Morgan fingerprint density at radius 2 is 2.33 bits per heavy atom. The Kier molecular flexibility index (Phi) is 3.13. The highest BCUT2D eigenvalue weighted by molar-refractivity contribution is 5.01. The second kappa shape index (κ2) is 3.93. The smallest absolute Gasteiger partial charge is 0.0684 e. The minimum Gasteiger partial charge on any atom is -0.396 e. The molecule has 12 heavy (non-hydrogen) atoms. The van der Waals surface area contributed by atoms with Gasteiger partial charge in [-0.2, -0.15) is 0 Å². The zero-order chi connectivity index (χ0) is 9.03. The molecule has 1 saturated carbocycles. The van der Waals surface area contributed by atoms with Crippen LogP contribution in [-0.2, 0) is 0 Å². The van der Waals surface area contributed by atoms with E-state index in [-0.39, 0.29) is 11.5 Å². The monoisotopic (exact) mass is 167 g/mol. The maximum atomic E-state index is 9.02. The maximum absolute atomic E-state index is 9.02. The standard InChI is InChI=1S/C10H17NO/c1-3-9(4-2)11-7-10(8-12)5-6-10/h1,9,11-12H,4-8H2,2H3. The first-order chi connectivity index (χ1) is 5.76. The third-order valence-electron chi connectivity index (χ3n) is 2.63. The molecule has 0 aromatic heterocycles. The highest BCUT2D eigenvalue weighted by atomic mass is 16.3. The van der Waals surface area contributed by atoms with E-state index in [4.69, 9.17) is 11.5 Å². The predicted molar refractivity (Wildman–Crippen MR) is 49.7 cm³/mol. The zero-order valence-corrected chi connectivity index (χ0v) is 7.64. The highest BCUT2D eigenvalue weighted by Gasteiger charge is 2.41. The molecule has 1 aliphatic rings. The number of nitrogens with one attached hydrogen (secondary N) is 1. The molecule has 1 atom stereocenters. The fourth-order valence-electron chi connectivity index (χ4n) is 1.23. The van der Waals surface area contributed by atoms with Crippen LogP contribution >= 0.6 is 0 Å². The van der Waals surface area contributed by atoms with Gasteiger partial charge in [-0.1, -0.05) is 12.8 Å². The molecule has 0 heterocycles. The van der Waals surface area contributed by atoms with E-state index in [1.807, 2.05) is 0 Å². The van der Waals surface area contributed by atoms with Crippen LogP contribution in [0, 0.1) is 17.8 Å². The average Bonchev–Trinajstić information content (AvgIpc) is 2.87. The molecule has 0 amide bonds. The summed E-state index contributed by atoms with van der Waals surface area (Å²) in [4.78, 5) is 0. The first-order valence-corrected chi connectivity index (χ1v) is 4.57. The number of aliphatic hydroxyl groups is 1. The molecule has 2 N–H and O–H groups in total. The molecule has 68 valence electrons. The maximum Gasteiger partial charge on any atom is 0.0684 e. The molecular formula is C10H17NO. The normalized spacial score (nSPS) is 21.4. The van der Waals surface area contributed by atoms with Crippen molar-refractivity contribution in [2.75, 3.05) is 13.2 Å². The number of aliphatic hydroxyl groups excluding tert-OH is 1. The van der Waals surface area contributed by atoms with Crippen molar-refractivity contribution in [2.45, 2.75) is 32.2 Å². The second-order valence-corrected chi connectivity index (χ2v) is 3.67. The van der Waals surface area contributed by atoms with Gasteiger partial charge in [-0.05, 0) is 19.3 Å². The van der Waals surface area contributed by atoms with Gasteiger partial charge in [0.05, 0.1) is 6.04 Å². The van der Waals surface area contributed by atoms with Gasteiger partial charge in [0.1, 0.15) is 0 Å². The van der Waals surface area contributed by atoms with Crippen LogP contribution in [0.4, 0.5) is 0 Å². The summed E-state index contributed by atoms with van der Waals surface area (Å²) in [5.74, 6) is 2.68. The molecule has 0 spiro atoms. The molecule has 0 bridgehead atoms. The van der Waals surface area contributed by atoms with Crippen LogP contribution in [0.3, 0.4) is 0 Å². The number of hydrogen-bond acceptors (Lipinski definition) is 2. The lowest BCUT2D eigenvalue weighted by Gasteiger charge is -2.16. The molecule has 0 aliphatic heterocycles. The summed E-state index contributed by atoms with van der Waals surface area (Å²) >= 11 is 0. The van der Waals surface area contributed by atoms with E-state index in [1.165, 1.54) is 0 Å². The Balaban J connectivity index is 2.21. The van der Waals surface area contributed by atoms with Crippen molar-refractivity contribution in [3.63, 3.8) is 0 Å². The Hall–Kier alpha value is -0.520. The Morgan fingerprint density at radius 1 is 1.67 bits per heavy atom. The van der Waals surface area contributed by atoms with Gasteiger partial charge in [-0.15, -0.1) is 6.42 Å². The second-order valence-electron chi connectivity index (χ2n) is 3.67. The third kappa shape index (κ3) is 2.23. The molecule has 0 radical (unpaired) electrons. The third-order valence-corrected chi connectivity index (χ3v) is 2.63. The van der Waals surface area contributed by atoms with E-state index in [0.717, 1.165) is 25.8 Å². The molecule has 2 heteroatoms. The van der Waals surface area contributed by atoms with E-state index >= 15 is 0 Å². The van der Waals surface area contributed by atoms with Gasteiger partial charge in [0.2, 0.25) is 0 Å². The molecule has 2 nitrogen and oxygen atoms in total. The van der Waals surface area contributed by atoms with Crippen LogP contribution in [0.5, 0.6) is 0 Å². The Bertz CT molecular complexity index is 179. The highest BCUT2D eigenvalue weighted by Crippen LogP contribution is 2.44. The Morgan fingerprint density at radius 3 is 2.67 bits per heavy atom. The summed E-state index contributed by atoms with van der Waals surface area (Å²) in [5, 5.41) is 12.3. The molecular weight excluding hydrogens is 150 g/mol. The summed E-state index contributed by atoms with van der Waals surface area (Å²) < 4.78 is 0. The molecule has 0 aromatic carbocycles. The predicted octanol–water partition coefficient (Wildman–Crippen LogP) is 0.760. The first kappa shape index (κ1) is 9.57. The minimum absolute atomic E-state index is 0.171. The summed E-state index contributed by atoms with van der Waals surface area (Å²) in [5.41, 5.74) is 0.171. The van der Waals surface area contributed by atoms with Gasteiger partial charge in [0.25, 0.3) is 0 Å².